The van der Waals surface area contributed by atoms with E-state index in [0.717, 1.165) is 11.0 Å². The van der Waals surface area contributed by atoms with E-state index in [1.54, 1.807) is 12.4 Å². The van der Waals surface area contributed by atoms with Gasteiger partial charge in [-0.2, -0.15) is 0 Å². The third-order valence-corrected chi connectivity index (χ3v) is 3.65. The Balaban J connectivity index is 2.24. The van der Waals surface area contributed by atoms with E-state index in [0.29, 0.717) is 6.42 Å². The number of hydrogen-bond acceptors (Lipinski definition) is 3. The van der Waals surface area contributed by atoms with E-state index in [2.05, 4.69) is 10.9 Å². The summed E-state index contributed by atoms with van der Waals surface area (Å²) < 4.78 is 11.9. The van der Waals surface area contributed by atoms with Gasteiger partial charge in [0.2, 0.25) is 0 Å². The molecule has 0 aromatic carbocycles. The van der Waals surface area contributed by atoms with Crippen molar-refractivity contribution in [3.05, 3.63) is 24.0 Å². The van der Waals surface area contributed by atoms with Gasteiger partial charge in [0.05, 0.1) is 11.2 Å². The smallest absolute Gasteiger partial charge is 0.399 e. The molecule has 0 saturated carbocycles. The molecule has 94 valence electrons. The molecule has 1 aliphatic heterocycles. The summed E-state index contributed by atoms with van der Waals surface area (Å²) in [5.74, 6) is 2.61. The van der Waals surface area contributed by atoms with E-state index in [9.17, 15) is 0 Å². The summed E-state index contributed by atoms with van der Waals surface area (Å²) in [5, 5.41) is 0. The van der Waals surface area contributed by atoms with Crippen LogP contribution in [0.5, 0.6) is 0 Å². The molecule has 3 nitrogen and oxygen atoms in total. The van der Waals surface area contributed by atoms with Gasteiger partial charge in [-0.15, -0.1) is 12.3 Å². The van der Waals surface area contributed by atoms with Crippen LogP contribution < -0.4 is 5.46 Å². The van der Waals surface area contributed by atoms with Gasteiger partial charge in [-0.1, -0.05) is 6.07 Å². The second-order valence-electron chi connectivity index (χ2n) is 5.60. The summed E-state index contributed by atoms with van der Waals surface area (Å²) in [7, 11) is -0.375. The Bertz CT molecular complexity index is 475. The number of nitrogens with zero attached hydrogens (tertiary/aromatic N) is 1. The molecule has 0 bridgehead atoms. The van der Waals surface area contributed by atoms with Gasteiger partial charge >= 0.3 is 7.12 Å². The maximum absolute atomic E-state index is 5.97. The lowest BCUT2D eigenvalue weighted by atomic mass is 9.79. The van der Waals surface area contributed by atoms with Crippen molar-refractivity contribution in [3.8, 4) is 12.3 Å². The average molecular weight is 243 g/mol. The fraction of sp³-hybridized carbons (Fsp3) is 0.500. The molecule has 4 heteroatoms. The molecule has 0 N–H and O–H groups in total. The highest BCUT2D eigenvalue weighted by molar-refractivity contribution is 6.62. The van der Waals surface area contributed by atoms with Gasteiger partial charge in [-0.25, -0.2) is 0 Å². The van der Waals surface area contributed by atoms with Crippen molar-refractivity contribution in [2.45, 2.75) is 45.3 Å². The molecule has 0 atom stereocenters. The highest BCUT2D eigenvalue weighted by Crippen LogP contribution is 2.36. The Labute approximate surface area is 109 Å². The van der Waals surface area contributed by atoms with Gasteiger partial charge in [0.25, 0.3) is 0 Å². The van der Waals surface area contributed by atoms with Crippen LogP contribution in [0.2, 0.25) is 0 Å². The summed E-state index contributed by atoms with van der Waals surface area (Å²) in [6.07, 6.45) is 9.42. The molecule has 0 spiro atoms. The van der Waals surface area contributed by atoms with E-state index >= 15 is 0 Å². The van der Waals surface area contributed by atoms with E-state index < -0.39 is 0 Å². The number of rotatable bonds is 2. The molecule has 1 aromatic heterocycles. The van der Waals surface area contributed by atoms with Gasteiger partial charge in [0.15, 0.2) is 0 Å². The van der Waals surface area contributed by atoms with E-state index in [-0.39, 0.29) is 18.3 Å². The van der Waals surface area contributed by atoms with Crippen LogP contribution in [-0.2, 0) is 15.7 Å². The van der Waals surface area contributed by atoms with Gasteiger partial charge in [-0.3, -0.25) is 4.98 Å². The lowest BCUT2D eigenvalue weighted by molar-refractivity contribution is 0.00578. The minimum absolute atomic E-state index is 0.334. The minimum atomic E-state index is -0.375. The van der Waals surface area contributed by atoms with Crippen molar-refractivity contribution >= 4 is 12.6 Å². The highest BCUT2D eigenvalue weighted by Gasteiger charge is 2.51. The minimum Gasteiger partial charge on any atom is -0.399 e. The molecule has 18 heavy (non-hydrogen) atoms. The van der Waals surface area contributed by atoms with Gasteiger partial charge in [-0.05, 0) is 33.3 Å². The van der Waals surface area contributed by atoms with Crippen LogP contribution in [0.15, 0.2) is 18.5 Å². The Kier molecular flexibility index (Phi) is 3.22. The molecule has 1 saturated heterocycles. The summed E-state index contributed by atoms with van der Waals surface area (Å²) in [4.78, 5) is 4.19. The zero-order valence-corrected chi connectivity index (χ0v) is 11.4. The van der Waals surface area contributed by atoms with Gasteiger partial charge in [0, 0.05) is 24.3 Å². The van der Waals surface area contributed by atoms with Crippen molar-refractivity contribution in [1.82, 2.24) is 4.98 Å². The molecule has 0 amide bonds. The largest absolute Gasteiger partial charge is 0.496 e. The van der Waals surface area contributed by atoms with Crippen molar-refractivity contribution in [1.29, 1.82) is 0 Å². The van der Waals surface area contributed by atoms with Crippen molar-refractivity contribution in [2.24, 2.45) is 0 Å². The Morgan fingerprint density at radius 1 is 1.22 bits per heavy atom. The molecule has 0 radical (unpaired) electrons. The van der Waals surface area contributed by atoms with Gasteiger partial charge < -0.3 is 9.31 Å². The van der Waals surface area contributed by atoms with Crippen LogP contribution in [-0.4, -0.2) is 23.3 Å². The Morgan fingerprint density at radius 3 is 2.39 bits per heavy atom. The van der Waals surface area contributed by atoms with Crippen LogP contribution in [0, 0.1) is 12.3 Å². The Morgan fingerprint density at radius 2 is 1.83 bits per heavy atom. The number of pyridine rings is 1. The second kappa shape index (κ2) is 4.42. The normalized spacial score (nSPS) is 20.7. The molecule has 2 heterocycles. The van der Waals surface area contributed by atoms with Gasteiger partial charge in [0.1, 0.15) is 0 Å². The second-order valence-corrected chi connectivity index (χ2v) is 5.60. The molecule has 2 rings (SSSR count). The summed E-state index contributed by atoms with van der Waals surface area (Å²) in [6.45, 7) is 8.13. The lowest BCUT2D eigenvalue weighted by Crippen LogP contribution is -2.41. The SMILES string of the molecule is C#CCc1cncc(B2OC(C)(C)C(C)(C)O2)c1. The predicted molar refractivity (Wildman–Crippen MR) is 72.5 cm³/mol. The lowest BCUT2D eigenvalue weighted by Gasteiger charge is -2.32. The highest BCUT2D eigenvalue weighted by atomic mass is 16.7. The molecule has 0 aliphatic carbocycles. The molecule has 1 aromatic rings. The standard InChI is InChI=1S/C14H18BNO2/c1-6-7-11-8-12(10-16-9-11)15-17-13(2,3)14(4,5)18-15/h1,8-10H,7H2,2-5H3. The fourth-order valence-electron chi connectivity index (χ4n) is 1.83. The van der Waals surface area contributed by atoms with E-state index in [4.69, 9.17) is 15.7 Å². The average Bonchev–Trinajstić information content (AvgIpc) is 2.49. The molecule has 1 fully saturated rings. The van der Waals surface area contributed by atoms with Crippen LogP contribution in [0.1, 0.15) is 33.3 Å². The molecule has 0 unspecified atom stereocenters. The van der Waals surface area contributed by atoms with Crippen LogP contribution in [0.25, 0.3) is 0 Å². The van der Waals surface area contributed by atoms with Crippen molar-refractivity contribution in [2.75, 3.05) is 0 Å². The first-order chi connectivity index (χ1) is 8.36. The third kappa shape index (κ3) is 2.29. The zero-order valence-electron chi connectivity index (χ0n) is 11.4. The molecular weight excluding hydrogens is 225 g/mol. The first kappa shape index (κ1) is 13.1. The maximum atomic E-state index is 5.97. The number of hydrogen-bond donors (Lipinski definition) is 0. The topological polar surface area (TPSA) is 31.4 Å². The fourth-order valence-corrected chi connectivity index (χ4v) is 1.83. The molecular formula is C14H18BNO2. The summed E-state index contributed by atoms with van der Waals surface area (Å²) >= 11 is 0. The maximum Gasteiger partial charge on any atom is 0.496 e. The summed E-state index contributed by atoms with van der Waals surface area (Å²) in [5.41, 5.74) is 1.26. The van der Waals surface area contributed by atoms with Crippen molar-refractivity contribution in [3.63, 3.8) is 0 Å². The Hall–Kier alpha value is -1.31. The van der Waals surface area contributed by atoms with Crippen molar-refractivity contribution < 1.29 is 9.31 Å². The zero-order chi connectivity index (χ0) is 13.4. The number of terminal acetylenes is 1. The third-order valence-electron chi connectivity index (χ3n) is 3.65. The summed E-state index contributed by atoms with van der Waals surface area (Å²) in [6, 6.07) is 2.00. The van der Waals surface area contributed by atoms with E-state index in [1.165, 1.54) is 0 Å². The number of aromatic nitrogens is 1. The van der Waals surface area contributed by atoms with Crippen LogP contribution >= 0.6 is 0 Å². The predicted octanol–water partition coefficient (Wildman–Crippen LogP) is 1.56. The first-order valence-corrected chi connectivity index (χ1v) is 6.09. The monoisotopic (exact) mass is 243 g/mol. The molecule has 1 aliphatic rings. The quantitative estimate of drug-likeness (QED) is 0.583. The first-order valence-electron chi connectivity index (χ1n) is 6.09. The van der Waals surface area contributed by atoms with E-state index in [1.807, 2.05) is 33.8 Å². The van der Waals surface area contributed by atoms with Crippen LogP contribution in [0.4, 0.5) is 0 Å². The van der Waals surface area contributed by atoms with Crippen LogP contribution in [0.3, 0.4) is 0 Å².